The normalized spacial score (nSPS) is 11.6. The predicted octanol–water partition coefficient (Wildman–Crippen LogP) is 4.04. The number of rotatable bonds is 7. The maximum atomic E-state index is 12.6. The molecular weight excluding hydrogens is 518 g/mol. The monoisotopic (exact) mass is 541 g/mol. The first-order valence-corrected chi connectivity index (χ1v) is 9.62. The number of nitrogens with one attached hydrogen (secondary N) is 3. The number of aliphatic imine (C=N–C) groups is 1. The van der Waals surface area contributed by atoms with Crippen LogP contribution in [0, 0.1) is 0 Å². The van der Waals surface area contributed by atoms with Crippen LogP contribution in [0.4, 0.5) is 18.9 Å². The predicted molar refractivity (Wildman–Crippen MR) is 120 cm³/mol. The van der Waals surface area contributed by atoms with Crippen LogP contribution in [0.5, 0.6) is 0 Å². The SMILES string of the molecule is CCNC(=NCC(=O)Nc1cccc(CC)c1)NCc1nc(C(F)(F)F)cs1.I. The number of carbonyl (C=O) groups is 1. The molecule has 0 fully saturated rings. The molecule has 0 bridgehead atoms. The Morgan fingerprint density at radius 1 is 1.24 bits per heavy atom. The van der Waals surface area contributed by atoms with E-state index in [0.717, 1.165) is 28.7 Å². The third kappa shape index (κ3) is 8.56. The fourth-order valence-corrected chi connectivity index (χ4v) is 2.98. The quantitative estimate of drug-likeness (QED) is 0.281. The molecular formula is C18H23F3IN5OS. The number of benzene rings is 1. The minimum Gasteiger partial charge on any atom is -0.357 e. The third-order valence-corrected chi connectivity index (χ3v) is 4.44. The Balaban J connectivity index is 0.00000420. The molecule has 0 unspecified atom stereocenters. The number of halogens is 4. The summed E-state index contributed by atoms with van der Waals surface area (Å²) < 4.78 is 37.8. The largest absolute Gasteiger partial charge is 0.434 e. The number of hydrogen-bond acceptors (Lipinski definition) is 4. The average Bonchev–Trinajstić information content (AvgIpc) is 3.13. The van der Waals surface area contributed by atoms with Crippen LogP contribution >= 0.6 is 35.3 Å². The van der Waals surface area contributed by atoms with Crippen LogP contribution in [0.25, 0.3) is 0 Å². The first-order chi connectivity index (χ1) is 13.3. The number of anilines is 1. The second-order valence-electron chi connectivity index (χ2n) is 5.78. The molecule has 29 heavy (non-hydrogen) atoms. The number of guanidine groups is 1. The molecule has 1 heterocycles. The van der Waals surface area contributed by atoms with E-state index in [1.54, 1.807) is 6.07 Å². The number of nitrogens with zero attached hydrogens (tertiary/aromatic N) is 2. The molecule has 11 heteroatoms. The highest BCUT2D eigenvalue weighted by Crippen LogP contribution is 2.29. The summed E-state index contributed by atoms with van der Waals surface area (Å²) in [6.45, 7) is 4.36. The van der Waals surface area contributed by atoms with Crippen LogP contribution in [0.3, 0.4) is 0 Å². The van der Waals surface area contributed by atoms with E-state index in [4.69, 9.17) is 0 Å². The Bertz CT molecular complexity index is 826. The van der Waals surface area contributed by atoms with Crippen molar-refractivity contribution in [3.8, 4) is 0 Å². The summed E-state index contributed by atoms with van der Waals surface area (Å²) in [5.74, 6) is 0.0304. The van der Waals surface area contributed by atoms with E-state index in [1.165, 1.54) is 0 Å². The fraction of sp³-hybridized carbons (Fsp3) is 0.389. The Morgan fingerprint density at radius 2 is 2.00 bits per heavy atom. The van der Waals surface area contributed by atoms with Gasteiger partial charge in [-0.25, -0.2) is 9.98 Å². The molecule has 0 atom stereocenters. The molecule has 0 aliphatic heterocycles. The van der Waals surface area contributed by atoms with Gasteiger partial charge in [-0.2, -0.15) is 13.2 Å². The minimum absolute atomic E-state index is 0. The lowest BCUT2D eigenvalue weighted by Gasteiger charge is -2.10. The van der Waals surface area contributed by atoms with Gasteiger partial charge in [0.25, 0.3) is 0 Å². The van der Waals surface area contributed by atoms with Crippen molar-refractivity contribution < 1.29 is 18.0 Å². The van der Waals surface area contributed by atoms with E-state index >= 15 is 0 Å². The van der Waals surface area contributed by atoms with Gasteiger partial charge in [0.15, 0.2) is 11.7 Å². The lowest BCUT2D eigenvalue weighted by molar-refractivity contribution is -0.140. The molecule has 0 saturated carbocycles. The third-order valence-electron chi connectivity index (χ3n) is 3.59. The van der Waals surface area contributed by atoms with Crippen LogP contribution in [-0.4, -0.2) is 29.9 Å². The van der Waals surface area contributed by atoms with E-state index < -0.39 is 11.9 Å². The van der Waals surface area contributed by atoms with Gasteiger partial charge < -0.3 is 16.0 Å². The van der Waals surface area contributed by atoms with Crippen molar-refractivity contribution in [3.63, 3.8) is 0 Å². The summed E-state index contributed by atoms with van der Waals surface area (Å²) in [4.78, 5) is 19.8. The Morgan fingerprint density at radius 3 is 2.62 bits per heavy atom. The van der Waals surface area contributed by atoms with Gasteiger partial charge in [0.05, 0.1) is 6.54 Å². The average molecular weight is 541 g/mol. The Kier molecular flexibility index (Phi) is 10.4. The van der Waals surface area contributed by atoms with E-state index in [-0.39, 0.29) is 48.0 Å². The highest BCUT2D eigenvalue weighted by atomic mass is 127. The second-order valence-corrected chi connectivity index (χ2v) is 6.72. The van der Waals surface area contributed by atoms with Crippen molar-refractivity contribution in [1.82, 2.24) is 15.6 Å². The Labute approximate surface area is 188 Å². The van der Waals surface area contributed by atoms with E-state index in [9.17, 15) is 18.0 Å². The molecule has 1 aromatic heterocycles. The summed E-state index contributed by atoms with van der Waals surface area (Å²) in [7, 11) is 0. The van der Waals surface area contributed by atoms with Crippen LogP contribution in [-0.2, 0) is 23.9 Å². The van der Waals surface area contributed by atoms with Crippen LogP contribution in [0.15, 0.2) is 34.6 Å². The molecule has 0 radical (unpaired) electrons. The summed E-state index contributed by atoms with van der Waals surface area (Å²) in [6.07, 6.45) is -3.59. The first-order valence-electron chi connectivity index (χ1n) is 8.74. The van der Waals surface area contributed by atoms with Crippen LogP contribution in [0.2, 0.25) is 0 Å². The fourth-order valence-electron chi connectivity index (χ4n) is 2.24. The molecule has 160 valence electrons. The second kappa shape index (κ2) is 12.0. The Hall–Kier alpha value is -1.89. The molecule has 0 spiro atoms. The van der Waals surface area contributed by atoms with Gasteiger partial charge in [-0.3, -0.25) is 4.79 Å². The number of alkyl halides is 3. The zero-order valence-electron chi connectivity index (χ0n) is 16.0. The number of carbonyl (C=O) groups excluding carboxylic acids is 1. The van der Waals surface area contributed by atoms with Crippen molar-refractivity contribution in [2.45, 2.75) is 33.0 Å². The van der Waals surface area contributed by atoms with Crippen molar-refractivity contribution >= 4 is 52.9 Å². The molecule has 2 aromatic rings. The first kappa shape index (κ1) is 25.1. The maximum Gasteiger partial charge on any atom is 0.434 e. The van der Waals surface area contributed by atoms with Gasteiger partial charge in [0.2, 0.25) is 5.91 Å². The minimum atomic E-state index is -4.46. The zero-order chi connectivity index (χ0) is 20.6. The summed E-state index contributed by atoms with van der Waals surface area (Å²) in [6, 6.07) is 7.53. The lowest BCUT2D eigenvalue weighted by atomic mass is 10.1. The molecule has 1 aromatic carbocycles. The smallest absolute Gasteiger partial charge is 0.357 e. The zero-order valence-corrected chi connectivity index (χ0v) is 19.1. The summed E-state index contributed by atoms with van der Waals surface area (Å²) >= 11 is 0.910. The number of thiazole rings is 1. The van der Waals surface area contributed by atoms with Crippen molar-refractivity contribution in [1.29, 1.82) is 0 Å². The van der Waals surface area contributed by atoms with Crippen molar-refractivity contribution in [3.05, 3.63) is 45.9 Å². The standard InChI is InChI=1S/C18H22F3N5OS.HI/c1-3-12-6-5-7-13(8-12)25-15(27)9-23-17(22-4-2)24-10-16-26-14(11-28-16)18(19,20)21;/h5-8,11H,3-4,9-10H2,1-2H3,(H,25,27)(H2,22,23,24);1H. The number of aromatic nitrogens is 1. The molecule has 0 aliphatic carbocycles. The topological polar surface area (TPSA) is 78.4 Å². The molecule has 0 aliphatic rings. The van der Waals surface area contributed by atoms with E-state index in [0.29, 0.717) is 18.2 Å². The molecule has 1 amide bonds. The number of hydrogen-bond donors (Lipinski definition) is 3. The summed E-state index contributed by atoms with van der Waals surface area (Å²) in [5.41, 5.74) is 0.892. The van der Waals surface area contributed by atoms with Gasteiger partial charge in [-0.05, 0) is 31.0 Å². The van der Waals surface area contributed by atoms with Gasteiger partial charge in [-0.1, -0.05) is 19.1 Å². The highest BCUT2D eigenvalue weighted by Gasteiger charge is 2.33. The molecule has 2 rings (SSSR count). The number of aryl methyl sites for hydroxylation is 1. The molecule has 0 saturated heterocycles. The maximum absolute atomic E-state index is 12.6. The van der Waals surface area contributed by atoms with Gasteiger partial charge in [0, 0.05) is 17.6 Å². The van der Waals surface area contributed by atoms with E-state index in [1.807, 2.05) is 32.0 Å². The van der Waals surface area contributed by atoms with Gasteiger partial charge >= 0.3 is 6.18 Å². The number of amides is 1. The van der Waals surface area contributed by atoms with Gasteiger partial charge in [-0.15, -0.1) is 35.3 Å². The molecule has 3 N–H and O–H groups in total. The summed E-state index contributed by atoms with van der Waals surface area (Å²) in [5, 5.41) is 9.84. The van der Waals surface area contributed by atoms with Gasteiger partial charge in [0.1, 0.15) is 11.6 Å². The molecule has 6 nitrogen and oxygen atoms in total. The van der Waals surface area contributed by atoms with E-state index in [2.05, 4.69) is 25.9 Å². The van der Waals surface area contributed by atoms with Crippen molar-refractivity contribution in [2.24, 2.45) is 4.99 Å². The van der Waals surface area contributed by atoms with Crippen molar-refractivity contribution in [2.75, 3.05) is 18.4 Å². The lowest BCUT2D eigenvalue weighted by Crippen LogP contribution is -2.37. The van der Waals surface area contributed by atoms with Crippen LogP contribution in [0.1, 0.15) is 30.1 Å². The van der Waals surface area contributed by atoms with Crippen LogP contribution < -0.4 is 16.0 Å². The highest BCUT2D eigenvalue weighted by molar-refractivity contribution is 14.0.